The van der Waals surface area contributed by atoms with Gasteiger partial charge in [0.15, 0.2) is 0 Å². The van der Waals surface area contributed by atoms with E-state index in [1.54, 1.807) is 0 Å². The van der Waals surface area contributed by atoms with Gasteiger partial charge in [0.05, 0.1) is 0 Å². The van der Waals surface area contributed by atoms with Gasteiger partial charge in [0, 0.05) is 6.04 Å². The SMILES string of the molecule is Cc1ccc(C(N)CC(C)(C)CN)cc1C. The van der Waals surface area contributed by atoms with Crippen molar-refractivity contribution < 1.29 is 0 Å². The van der Waals surface area contributed by atoms with Gasteiger partial charge in [-0.1, -0.05) is 32.0 Å². The van der Waals surface area contributed by atoms with Gasteiger partial charge >= 0.3 is 0 Å². The fourth-order valence-corrected chi connectivity index (χ4v) is 1.79. The number of rotatable bonds is 4. The molecule has 4 N–H and O–H groups in total. The van der Waals surface area contributed by atoms with Gasteiger partial charge in [0.1, 0.15) is 0 Å². The molecule has 0 bridgehead atoms. The molecule has 1 atom stereocenters. The lowest BCUT2D eigenvalue weighted by molar-refractivity contribution is 0.317. The average molecular weight is 220 g/mol. The molecular weight excluding hydrogens is 196 g/mol. The van der Waals surface area contributed by atoms with Crippen molar-refractivity contribution in [2.45, 2.75) is 40.2 Å². The molecule has 1 aromatic rings. The van der Waals surface area contributed by atoms with Crippen LogP contribution in [0.4, 0.5) is 0 Å². The number of benzene rings is 1. The summed E-state index contributed by atoms with van der Waals surface area (Å²) in [6.07, 6.45) is 0.923. The van der Waals surface area contributed by atoms with Crippen LogP contribution >= 0.6 is 0 Å². The summed E-state index contributed by atoms with van der Waals surface area (Å²) in [5, 5.41) is 0. The Hall–Kier alpha value is -0.860. The summed E-state index contributed by atoms with van der Waals surface area (Å²) >= 11 is 0. The second kappa shape index (κ2) is 4.98. The van der Waals surface area contributed by atoms with Crippen LogP contribution < -0.4 is 11.5 Å². The van der Waals surface area contributed by atoms with Crippen molar-refractivity contribution in [1.29, 1.82) is 0 Å². The molecule has 0 saturated carbocycles. The van der Waals surface area contributed by atoms with Crippen LogP contribution in [-0.4, -0.2) is 6.54 Å². The molecule has 16 heavy (non-hydrogen) atoms. The van der Waals surface area contributed by atoms with Crippen LogP contribution in [0.5, 0.6) is 0 Å². The van der Waals surface area contributed by atoms with Crippen LogP contribution in [0.1, 0.15) is 43.0 Å². The maximum atomic E-state index is 6.22. The molecule has 0 fully saturated rings. The second-order valence-electron chi connectivity index (χ2n) is 5.52. The van der Waals surface area contributed by atoms with Gasteiger partial charge in [-0.25, -0.2) is 0 Å². The van der Waals surface area contributed by atoms with Crippen LogP contribution in [0, 0.1) is 19.3 Å². The minimum Gasteiger partial charge on any atom is -0.330 e. The molecule has 0 radical (unpaired) electrons. The predicted octanol–water partition coefficient (Wildman–Crippen LogP) is 2.68. The maximum Gasteiger partial charge on any atom is 0.0300 e. The molecule has 1 rings (SSSR count). The van der Waals surface area contributed by atoms with E-state index in [9.17, 15) is 0 Å². The van der Waals surface area contributed by atoms with Crippen LogP contribution in [0.3, 0.4) is 0 Å². The van der Waals surface area contributed by atoms with Crippen molar-refractivity contribution in [2.24, 2.45) is 16.9 Å². The van der Waals surface area contributed by atoms with Crippen LogP contribution in [0.25, 0.3) is 0 Å². The molecule has 0 aliphatic rings. The van der Waals surface area contributed by atoms with E-state index >= 15 is 0 Å². The van der Waals surface area contributed by atoms with Gasteiger partial charge in [-0.05, 0) is 48.9 Å². The smallest absolute Gasteiger partial charge is 0.0300 e. The molecule has 0 heterocycles. The Balaban J connectivity index is 2.81. The summed E-state index contributed by atoms with van der Waals surface area (Å²) in [7, 11) is 0. The third-order valence-electron chi connectivity index (χ3n) is 3.28. The molecule has 0 aromatic heterocycles. The lowest BCUT2D eigenvalue weighted by atomic mass is 9.83. The monoisotopic (exact) mass is 220 g/mol. The van der Waals surface area contributed by atoms with Crippen molar-refractivity contribution in [1.82, 2.24) is 0 Å². The van der Waals surface area contributed by atoms with E-state index in [1.165, 1.54) is 16.7 Å². The zero-order valence-corrected chi connectivity index (χ0v) is 10.9. The van der Waals surface area contributed by atoms with Crippen molar-refractivity contribution in [3.8, 4) is 0 Å². The first-order chi connectivity index (χ1) is 7.35. The molecule has 0 aliphatic carbocycles. The largest absolute Gasteiger partial charge is 0.330 e. The standard InChI is InChI=1S/C14H24N2/c1-10-5-6-12(7-11(10)2)13(16)8-14(3,4)9-15/h5-7,13H,8-9,15-16H2,1-4H3. The molecular formula is C14H24N2. The molecule has 2 heteroatoms. The van der Waals surface area contributed by atoms with Gasteiger partial charge in [-0.15, -0.1) is 0 Å². The van der Waals surface area contributed by atoms with Gasteiger partial charge in [-0.3, -0.25) is 0 Å². The molecule has 0 spiro atoms. The second-order valence-corrected chi connectivity index (χ2v) is 5.52. The van der Waals surface area contributed by atoms with Crippen molar-refractivity contribution in [3.63, 3.8) is 0 Å². The van der Waals surface area contributed by atoms with E-state index in [1.807, 2.05) is 0 Å². The first kappa shape index (κ1) is 13.2. The van der Waals surface area contributed by atoms with E-state index in [4.69, 9.17) is 11.5 Å². The summed E-state index contributed by atoms with van der Waals surface area (Å²) in [5.74, 6) is 0. The van der Waals surface area contributed by atoms with Gasteiger partial charge < -0.3 is 11.5 Å². The highest BCUT2D eigenvalue weighted by Crippen LogP contribution is 2.28. The number of nitrogens with two attached hydrogens (primary N) is 2. The molecule has 90 valence electrons. The predicted molar refractivity (Wildman–Crippen MR) is 70.3 cm³/mol. The molecule has 0 saturated heterocycles. The van der Waals surface area contributed by atoms with E-state index in [2.05, 4.69) is 45.9 Å². The van der Waals surface area contributed by atoms with Crippen LogP contribution in [0.15, 0.2) is 18.2 Å². The number of hydrogen-bond donors (Lipinski definition) is 2. The maximum absolute atomic E-state index is 6.22. The Morgan fingerprint density at radius 2 is 1.81 bits per heavy atom. The average Bonchev–Trinajstić information content (AvgIpc) is 2.21. The summed E-state index contributed by atoms with van der Waals surface area (Å²) in [6.45, 7) is 9.24. The van der Waals surface area contributed by atoms with Crippen LogP contribution in [0.2, 0.25) is 0 Å². The highest BCUT2D eigenvalue weighted by atomic mass is 14.7. The van der Waals surface area contributed by atoms with E-state index in [0.29, 0.717) is 6.54 Å². The summed E-state index contributed by atoms with van der Waals surface area (Å²) in [6, 6.07) is 6.53. The fourth-order valence-electron chi connectivity index (χ4n) is 1.79. The molecule has 0 aliphatic heterocycles. The first-order valence-electron chi connectivity index (χ1n) is 5.88. The first-order valence-corrected chi connectivity index (χ1v) is 5.88. The summed E-state index contributed by atoms with van der Waals surface area (Å²) < 4.78 is 0. The number of aryl methyl sites for hydroxylation is 2. The lowest BCUT2D eigenvalue weighted by Gasteiger charge is -2.26. The summed E-state index contributed by atoms with van der Waals surface area (Å²) in [5.41, 5.74) is 15.9. The Morgan fingerprint density at radius 1 is 1.19 bits per heavy atom. The van der Waals surface area contributed by atoms with E-state index in [0.717, 1.165) is 6.42 Å². The minimum atomic E-state index is 0.0813. The van der Waals surface area contributed by atoms with Gasteiger partial charge in [-0.2, -0.15) is 0 Å². The quantitative estimate of drug-likeness (QED) is 0.819. The van der Waals surface area contributed by atoms with E-state index < -0.39 is 0 Å². The highest BCUT2D eigenvalue weighted by molar-refractivity contribution is 5.31. The molecule has 0 amide bonds. The topological polar surface area (TPSA) is 52.0 Å². The van der Waals surface area contributed by atoms with Gasteiger partial charge in [0.2, 0.25) is 0 Å². The third kappa shape index (κ3) is 3.32. The Morgan fingerprint density at radius 3 is 2.31 bits per heavy atom. The van der Waals surface area contributed by atoms with Crippen molar-refractivity contribution >= 4 is 0 Å². The zero-order chi connectivity index (χ0) is 12.3. The normalized spacial score (nSPS) is 13.9. The minimum absolute atomic E-state index is 0.0813. The Labute approximate surface area is 99.0 Å². The highest BCUT2D eigenvalue weighted by Gasteiger charge is 2.20. The van der Waals surface area contributed by atoms with Crippen molar-refractivity contribution in [3.05, 3.63) is 34.9 Å². The Kier molecular flexibility index (Phi) is 4.11. The fraction of sp³-hybridized carbons (Fsp3) is 0.571. The van der Waals surface area contributed by atoms with Crippen molar-refractivity contribution in [2.75, 3.05) is 6.54 Å². The molecule has 1 unspecified atom stereocenters. The van der Waals surface area contributed by atoms with Crippen LogP contribution in [-0.2, 0) is 0 Å². The summed E-state index contributed by atoms with van der Waals surface area (Å²) in [4.78, 5) is 0. The zero-order valence-electron chi connectivity index (χ0n) is 10.9. The lowest BCUT2D eigenvalue weighted by Crippen LogP contribution is -2.28. The third-order valence-corrected chi connectivity index (χ3v) is 3.28. The van der Waals surface area contributed by atoms with E-state index in [-0.39, 0.29) is 11.5 Å². The van der Waals surface area contributed by atoms with Gasteiger partial charge in [0.25, 0.3) is 0 Å². The number of hydrogen-bond acceptors (Lipinski definition) is 2. The Bertz CT molecular complexity index is 356. The molecule has 2 nitrogen and oxygen atoms in total. The molecule has 1 aromatic carbocycles.